The van der Waals surface area contributed by atoms with Gasteiger partial charge in [0, 0.05) is 28.9 Å². The number of rotatable bonds is 7. The zero-order valence-corrected chi connectivity index (χ0v) is 16.8. The topological polar surface area (TPSA) is 52.6 Å². The third kappa shape index (κ3) is 4.45. The highest BCUT2D eigenvalue weighted by Crippen LogP contribution is 2.53. The van der Waals surface area contributed by atoms with E-state index in [0.29, 0.717) is 18.0 Å². The Morgan fingerprint density at radius 2 is 2.00 bits per heavy atom. The maximum Gasteiger partial charge on any atom is 0.224 e. The molecular formula is C22H27ClN2O2. The molecule has 27 heavy (non-hydrogen) atoms. The fraction of sp³-hybridized carbons (Fsp3) is 0.409. The zero-order valence-electron chi connectivity index (χ0n) is 16.1. The predicted molar refractivity (Wildman–Crippen MR) is 109 cm³/mol. The van der Waals surface area contributed by atoms with Crippen molar-refractivity contribution in [2.75, 3.05) is 20.6 Å². The fourth-order valence-electron chi connectivity index (χ4n) is 3.62. The second-order valence-electron chi connectivity index (χ2n) is 7.88. The lowest BCUT2D eigenvalue weighted by atomic mass is 9.95. The van der Waals surface area contributed by atoms with Crippen LogP contribution in [-0.2, 0) is 16.6 Å². The van der Waals surface area contributed by atoms with Crippen molar-refractivity contribution in [3.05, 3.63) is 64.7 Å². The first-order chi connectivity index (χ1) is 12.8. The van der Waals surface area contributed by atoms with Crippen LogP contribution in [0.4, 0.5) is 0 Å². The number of carbonyl (C=O) groups excluding carboxylic acids is 1. The van der Waals surface area contributed by atoms with Crippen LogP contribution >= 0.6 is 11.6 Å². The summed E-state index contributed by atoms with van der Waals surface area (Å²) in [6.07, 6.45) is 1.59. The maximum atomic E-state index is 12.7. The Bertz CT molecular complexity index is 809. The number of carbonyl (C=O) groups is 1. The quantitative estimate of drug-likeness (QED) is 0.764. The Morgan fingerprint density at radius 1 is 1.30 bits per heavy atom. The molecule has 1 aliphatic carbocycles. The van der Waals surface area contributed by atoms with Gasteiger partial charge in [-0.2, -0.15) is 0 Å². The summed E-state index contributed by atoms with van der Waals surface area (Å²) >= 11 is 6.24. The van der Waals surface area contributed by atoms with E-state index < -0.39 is 0 Å². The normalized spacial score (nSPS) is 22.5. The molecule has 2 aromatic rings. The highest BCUT2D eigenvalue weighted by Gasteiger charge is 2.55. The number of likely N-dealkylation sites (N-methyl/N-ethyl adjacent to an activating group) is 1. The van der Waals surface area contributed by atoms with Gasteiger partial charge in [-0.15, -0.1) is 0 Å². The monoisotopic (exact) mass is 386 g/mol. The number of nitrogens with zero attached hydrogens (tertiary/aromatic N) is 1. The molecule has 0 heterocycles. The Labute approximate surface area is 166 Å². The van der Waals surface area contributed by atoms with Gasteiger partial charge in [0.15, 0.2) is 0 Å². The van der Waals surface area contributed by atoms with Crippen molar-refractivity contribution in [2.24, 2.45) is 5.92 Å². The van der Waals surface area contributed by atoms with E-state index in [1.54, 1.807) is 12.1 Å². The molecule has 0 saturated heterocycles. The molecule has 2 N–H and O–H groups in total. The summed E-state index contributed by atoms with van der Waals surface area (Å²) in [5, 5.41) is 13.2. The highest BCUT2D eigenvalue weighted by molar-refractivity contribution is 6.31. The van der Waals surface area contributed by atoms with E-state index in [1.165, 1.54) is 5.56 Å². The zero-order chi connectivity index (χ0) is 19.6. The molecule has 1 aliphatic rings. The number of hydrogen-bond acceptors (Lipinski definition) is 3. The summed E-state index contributed by atoms with van der Waals surface area (Å²) in [5.41, 5.74) is 2.13. The molecule has 0 spiro atoms. The van der Waals surface area contributed by atoms with Crippen LogP contribution in [0, 0.1) is 5.92 Å². The average Bonchev–Trinajstić information content (AvgIpc) is 3.34. The number of aromatic hydroxyl groups is 1. The number of halogens is 1. The van der Waals surface area contributed by atoms with Crippen LogP contribution in [0.1, 0.15) is 24.5 Å². The van der Waals surface area contributed by atoms with Crippen LogP contribution in [0.3, 0.4) is 0 Å². The molecule has 0 radical (unpaired) electrons. The molecule has 2 aromatic carbocycles. The SMILES string of the molecule is CN(C)C(CNC(=O)[C@@H]1C[C@@]1(C)c1ccccc1)Cc1ccc(O)cc1Cl. The molecule has 0 bridgehead atoms. The van der Waals surface area contributed by atoms with E-state index in [1.807, 2.05) is 38.4 Å². The van der Waals surface area contributed by atoms with Gasteiger partial charge in [0.2, 0.25) is 5.91 Å². The predicted octanol–water partition coefficient (Wildman–Crippen LogP) is 3.61. The molecule has 4 nitrogen and oxygen atoms in total. The summed E-state index contributed by atoms with van der Waals surface area (Å²) in [7, 11) is 3.99. The Hall–Kier alpha value is -2.04. The van der Waals surface area contributed by atoms with E-state index in [-0.39, 0.29) is 29.0 Å². The number of nitrogens with one attached hydrogen (secondary N) is 1. The lowest BCUT2D eigenvalue weighted by Crippen LogP contribution is -2.42. The molecule has 1 unspecified atom stereocenters. The summed E-state index contributed by atoms with van der Waals surface area (Å²) < 4.78 is 0. The first kappa shape index (κ1) is 19.7. The Morgan fingerprint density at radius 3 is 2.63 bits per heavy atom. The highest BCUT2D eigenvalue weighted by atomic mass is 35.5. The standard InChI is InChI=1S/C22H27ClN2O2/c1-22(16-7-5-4-6-8-16)13-19(22)21(27)24-14-17(25(2)3)11-15-9-10-18(26)12-20(15)23/h4-10,12,17,19,26H,11,13-14H2,1-3H3,(H,24,27)/t17?,19-,22-/m0/s1. The van der Waals surface area contributed by atoms with Gasteiger partial charge in [0.25, 0.3) is 0 Å². The summed E-state index contributed by atoms with van der Waals surface area (Å²) in [6.45, 7) is 2.72. The smallest absolute Gasteiger partial charge is 0.224 e. The third-order valence-electron chi connectivity index (χ3n) is 5.72. The van der Waals surface area contributed by atoms with Crippen LogP contribution in [0.5, 0.6) is 5.75 Å². The van der Waals surface area contributed by atoms with Gasteiger partial charge in [0.05, 0.1) is 0 Å². The van der Waals surface area contributed by atoms with E-state index in [9.17, 15) is 9.90 Å². The summed E-state index contributed by atoms with van der Waals surface area (Å²) in [5.74, 6) is 0.303. The van der Waals surface area contributed by atoms with Crippen molar-refractivity contribution >= 4 is 17.5 Å². The van der Waals surface area contributed by atoms with Crippen LogP contribution < -0.4 is 5.32 Å². The number of benzene rings is 2. The molecule has 3 atom stereocenters. The summed E-state index contributed by atoms with van der Waals surface area (Å²) in [6, 6.07) is 15.4. The minimum absolute atomic E-state index is 0.0278. The molecule has 1 amide bonds. The molecular weight excluding hydrogens is 360 g/mol. The average molecular weight is 387 g/mol. The molecule has 3 rings (SSSR count). The first-order valence-electron chi connectivity index (χ1n) is 9.28. The van der Waals surface area contributed by atoms with E-state index >= 15 is 0 Å². The van der Waals surface area contributed by atoms with Crippen molar-refractivity contribution in [2.45, 2.75) is 31.2 Å². The van der Waals surface area contributed by atoms with E-state index in [2.05, 4.69) is 29.3 Å². The summed E-state index contributed by atoms with van der Waals surface area (Å²) in [4.78, 5) is 14.8. The number of phenolic OH excluding ortho intramolecular Hbond substituents is 1. The number of hydrogen-bond donors (Lipinski definition) is 2. The molecule has 0 aliphatic heterocycles. The van der Waals surface area contributed by atoms with Gasteiger partial charge in [-0.3, -0.25) is 4.79 Å². The second-order valence-corrected chi connectivity index (χ2v) is 8.29. The Kier molecular flexibility index (Phi) is 5.78. The van der Waals surface area contributed by atoms with Gasteiger partial charge in [0.1, 0.15) is 5.75 Å². The van der Waals surface area contributed by atoms with Crippen LogP contribution in [0.2, 0.25) is 5.02 Å². The van der Waals surface area contributed by atoms with Gasteiger partial charge < -0.3 is 15.3 Å². The van der Waals surface area contributed by atoms with Crippen molar-refractivity contribution in [1.29, 1.82) is 0 Å². The Balaban J connectivity index is 1.59. The van der Waals surface area contributed by atoms with Crippen LogP contribution in [0.15, 0.2) is 48.5 Å². The van der Waals surface area contributed by atoms with Crippen LogP contribution in [0.25, 0.3) is 0 Å². The van der Waals surface area contributed by atoms with Crippen molar-refractivity contribution in [1.82, 2.24) is 10.2 Å². The first-order valence-corrected chi connectivity index (χ1v) is 9.66. The van der Waals surface area contributed by atoms with Gasteiger partial charge >= 0.3 is 0 Å². The van der Waals surface area contributed by atoms with Gasteiger partial charge in [-0.25, -0.2) is 0 Å². The van der Waals surface area contributed by atoms with Gasteiger partial charge in [-0.1, -0.05) is 54.9 Å². The largest absolute Gasteiger partial charge is 0.508 e. The fourth-order valence-corrected chi connectivity index (χ4v) is 3.87. The molecule has 0 aromatic heterocycles. The molecule has 144 valence electrons. The second kappa shape index (κ2) is 7.91. The van der Waals surface area contributed by atoms with Gasteiger partial charge in [-0.05, 0) is 50.2 Å². The van der Waals surface area contributed by atoms with Crippen molar-refractivity contribution in [3.63, 3.8) is 0 Å². The lowest BCUT2D eigenvalue weighted by molar-refractivity contribution is -0.122. The van der Waals surface area contributed by atoms with Crippen molar-refractivity contribution in [3.8, 4) is 5.75 Å². The van der Waals surface area contributed by atoms with Crippen LogP contribution in [-0.4, -0.2) is 42.6 Å². The van der Waals surface area contributed by atoms with E-state index in [4.69, 9.17) is 11.6 Å². The van der Waals surface area contributed by atoms with E-state index in [0.717, 1.165) is 12.0 Å². The minimum atomic E-state index is -0.0563. The lowest BCUT2D eigenvalue weighted by Gasteiger charge is -2.25. The molecule has 1 saturated carbocycles. The maximum absolute atomic E-state index is 12.7. The van der Waals surface area contributed by atoms with Crippen molar-refractivity contribution < 1.29 is 9.90 Å². The molecule has 5 heteroatoms. The molecule has 1 fully saturated rings. The number of phenols is 1. The number of amides is 1. The minimum Gasteiger partial charge on any atom is -0.508 e. The third-order valence-corrected chi connectivity index (χ3v) is 6.07.